The summed E-state index contributed by atoms with van der Waals surface area (Å²) >= 11 is 7.01. The topological polar surface area (TPSA) is 46.2 Å². The van der Waals surface area contributed by atoms with Crippen molar-refractivity contribution in [2.75, 3.05) is 6.26 Å². The average molecular weight is 224 g/mol. The van der Waals surface area contributed by atoms with E-state index in [2.05, 4.69) is 5.32 Å². The third kappa shape index (κ3) is 3.56. The van der Waals surface area contributed by atoms with E-state index in [-0.39, 0.29) is 17.1 Å². The van der Waals surface area contributed by atoms with Crippen molar-refractivity contribution in [2.24, 2.45) is 0 Å². The van der Waals surface area contributed by atoms with Crippen LogP contribution in [-0.4, -0.2) is 28.2 Å². The first kappa shape index (κ1) is 12.8. The SMILES string of the molecule is CSC(=O)NC(C)C(C)(Cl)C(C)=O. The third-order valence-electron chi connectivity index (χ3n) is 2.02. The van der Waals surface area contributed by atoms with Crippen LogP contribution < -0.4 is 5.32 Å². The zero-order chi connectivity index (χ0) is 10.6. The molecule has 0 aliphatic carbocycles. The number of hydrogen-bond acceptors (Lipinski definition) is 3. The summed E-state index contributed by atoms with van der Waals surface area (Å²) in [4.78, 5) is 21.0. The van der Waals surface area contributed by atoms with Crippen LogP contribution in [0.2, 0.25) is 0 Å². The Morgan fingerprint density at radius 3 is 2.31 bits per heavy atom. The fourth-order valence-corrected chi connectivity index (χ4v) is 1.03. The van der Waals surface area contributed by atoms with E-state index in [1.807, 2.05) is 0 Å². The molecule has 0 saturated carbocycles. The first-order chi connectivity index (χ1) is 5.82. The number of carbonyl (C=O) groups is 2. The Bertz CT molecular complexity index is 218. The van der Waals surface area contributed by atoms with E-state index in [1.165, 1.54) is 6.92 Å². The molecular weight excluding hydrogens is 210 g/mol. The fourth-order valence-electron chi connectivity index (χ4n) is 0.676. The van der Waals surface area contributed by atoms with Crippen LogP contribution in [-0.2, 0) is 4.79 Å². The molecule has 0 heterocycles. The summed E-state index contributed by atoms with van der Waals surface area (Å²) in [5.41, 5.74) is 0. The van der Waals surface area contributed by atoms with E-state index in [4.69, 9.17) is 11.6 Å². The molecule has 0 aromatic heterocycles. The summed E-state index contributed by atoms with van der Waals surface area (Å²) in [6.07, 6.45) is 1.67. The van der Waals surface area contributed by atoms with Gasteiger partial charge in [-0.1, -0.05) is 11.8 Å². The molecule has 13 heavy (non-hydrogen) atoms. The number of hydrogen-bond donors (Lipinski definition) is 1. The second-order valence-corrected chi connectivity index (χ2v) is 4.55. The molecule has 0 radical (unpaired) electrons. The molecule has 0 aliphatic rings. The van der Waals surface area contributed by atoms with Gasteiger partial charge in [-0.05, 0) is 27.0 Å². The number of Topliss-reactive ketones (excluding diaryl/α,β-unsaturated/α-hetero) is 1. The normalized spacial score (nSPS) is 17.3. The maximum absolute atomic E-state index is 11.1. The third-order valence-corrected chi connectivity index (χ3v) is 3.10. The van der Waals surface area contributed by atoms with E-state index < -0.39 is 4.87 Å². The molecule has 0 aliphatic heterocycles. The van der Waals surface area contributed by atoms with Gasteiger partial charge in [0.05, 0.1) is 6.04 Å². The molecule has 2 unspecified atom stereocenters. The van der Waals surface area contributed by atoms with E-state index in [1.54, 1.807) is 20.1 Å². The quantitative estimate of drug-likeness (QED) is 0.745. The first-order valence-electron chi connectivity index (χ1n) is 3.86. The van der Waals surface area contributed by atoms with Crippen molar-refractivity contribution in [3.8, 4) is 0 Å². The average Bonchev–Trinajstić information content (AvgIpc) is 2.03. The highest BCUT2D eigenvalue weighted by Crippen LogP contribution is 2.20. The molecule has 0 rings (SSSR count). The minimum atomic E-state index is -1.02. The molecule has 76 valence electrons. The zero-order valence-electron chi connectivity index (χ0n) is 8.18. The highest BCUT2D eigenvalue weighted by Gasteiger charge is 2.34. The predicted octanol–water partition coefficient (Wildman–Crippen LogP) is 2.03. The largest absolute Gasteiger partial charge is 0.342 e. The first-order valence-corrected chi connectivity index (χ1v) is 5.47. The second-order valence-electron chi connectivity index (χ2n) is 2.99. The van der Waals surface area contributed by atoms with Crippen molar-refractivity contribution in [1.82, 2.24) is 5.32 Å². The fraction of sp³-hybridized carbons (Fsp3) is 0.750. The van der Waals surface area contributed by atoms with Gasteiger partial charge in [-0.3, -0.25) is 9.59 Å². The Morgan fingerprint density at radius 2 is 2.00 bits per heavy atom. The lowest BCUT2D eigenvalue weighted by Gasteiger charge is -2.26. The van der Waals surface area contributed by atoms with Crippen LogP contribution in [0.25, 0.3) is 0 Å². The summed E-state index contributed by atoms with van der Waals surface area (Å²) in [6.45, 7) is 4.72. The Morgan fingerprint density at radius 1 is 1.54 bits per heavy atom. The highest BCUT2D eigenvalue weighted by atomic mass is 35.5. The Hall–Kier alpha value is -0.220. The Balaban J connectivity index is 4.33. The van der Waals surface area contributed by atoms with Gasteiger partial charge in [0.1, 0.15) is 4.87 Å². The monoisotopic (exact) mass is 223 g/mol. The lowest BCUT2D eigenvalue weighted by Crippen LogP contribution is -2.48. The van der Waals surface area contributed by atoms with Crippen molar-refractivity contribution in [1.29, 1.82) is 0 Å². The molecule has 1 N–H and O–H groups in total. The number of amides is 1. The minimum absolute atomic E-state index is 0.150. The molecule has 1 amide bonds. The molecule has 0 bridgehead atoms. The van der Waals surface area contributed by atoms with Gasteiger partial charge in [0.25, 0.3) is 5.24 Å². The number of carbonyl (C=O) groups excluding carboxylic acids is 2. The number of thioether (sulfide) groups is 1. The van der Waals surface area contributed by atoms with E-state index in [0.29, 0.717) is 0 Å². The van der Waals surface area contributed by atoms with Crippen LogP contribution in [0.3, 0.4) is 0 Å². The van der Waals surface area contributed by atoms with Crippen molar-refractivity contribution < 1.29 is 9.59 Å². The van der Waals surface area contributed by atoms with Gasteiger partial charge in [-0.2, -0.15) is 0 Å². The van der Waals surface area contributed by atoms with Gasteiger partial charge < -0.3 is 5.32 Å². The lowest BCUT2D eigenvalue weighted by molar-refractivity contribution is -0.119. The van der Waals surface area contributed by atoms with Gasteiger partial charge in [0.15, 0.2) is 5.78 Å². The lowest BCUT2D eigenvalue weighted by atomic mass is 9.99. The van der Waals surface area contributed by atoms with Crippen molar-refractivity contribution in [2.45, 2.75) is 31.7 Å². The van der Waals surface area contributed by atoms with Crippen LogP contribution in [0.5, 0.6) is 0 Å². The van der Waals surface area contributed by atoms with Gasteiger partial charge in [0.2, 0.25) is 0 Å². The maximum Gasteiger partial charge on any atom is 0.279 e. The molecule has 3 nitrogen and oxygen atoms in total. The molecule has 2 atom stereocenters. The molecule has 5 heteroatoms. The second kappa shape index (κ2) is 4.86. The number of rotatable bonds is 3. The van der Waals surface area contributed by atoms with Gasteiger partial charge in [0, 0.05) is 0 Å². The Kier molecular flexibility index (Phi) is 4.78. The van der Waals surface area contributed by atoms with Crippen LogP contribution in [0.4, 0.5) is 4.79 Å². The summed E-state index contributed by atoms with van der Waals surface area (Å²) < 4.78 is 0. The summed E-state index contributed by atoms with van der Waals surface area (Å²) in [7, 11) is 0. The summed E-state index contributed by atoms with van der Waals surface area (Å²) in [6, 6.07) is -0.369. The minimum Gasteiger partial charge on any atom is -0.342 e. The van der Waals surface area contributed by atoms with E-state index in [0.717, 1.165) is 11.8 Å². The summed E-state index contributed by atoms with van der Waals surface area (Å²) in [5, 5.41) is 2.44. The predicted molar refractivity (Wildman–Crippen MR) is 56.4 cm³/mol. The molecule has 0 fully saturated rings. The number of alkyl halides is 1. The van der Waals surface area contributed by atoms with Crippen LogP contribution in [0.15, 0.2) is 0 Å². The number of halogens is 1. The molecule has 0 saturated heterocycles. The maximum atomic E-state index is 11.1. The van der Waals surface area contributed by atoms with Crippen LogP contribution in [0.1, 0.15) is 20.8 Å². The smallest absolute Gasteiger partial charge is 0.279 e. The van der Waals surface area contributed by atoms with Crippen molar-refractivity contribution >= 4 is 34.4 Å². The zero-order valence-corrected chi connectivity index (χ0v) is 9.75. The van der Waals surface area contributed by atoms with Crippen LogP contribution in [0, 0.1) is 0 Å². The number of ketones is 1. The van der Waals surface area contributed by atoms with Gasteiger partial charge in [-0.15, -0.1) is 11.6 Å². The van der Waals surface area contributed by atoms with Gasteiger partial charge >= 0.3 is 0 Å². The summed E-state index contributed by atoms with van der Waals surface area (Å²) in [5.74, 6) is -0.150. The van der Waals surface area contributed by atoms with E-state index >= 15 is 0 Å². The highest BCUT2D eigenvalue weighted by molar-refractivity contribution is 8.12. The van der Waals surface area contributed by atoms with E-state index in [9.17, 15) is 9.59 Å². The molecule has 0 aromatic carbocycles. The van der Waals surface area contributed by atoms with Crippen molar-refractivity contribution in [3.05, 3.63) is 0 Å². The molecule has 0 aromatic rings. The molecular formula is C8H14ClNO2S. The van der Waals surface area contributed by atoms with Crippen molar-refractivity contribution in [3.63, 3.8) is 0 Å². The van der Waals surface area contributed by atoms with Gasteiger partial charge in [-0.25, -0.2) is 0 Å². The van der Waals surface area contributed by atoms with Crippen LogP contribution >= 0.6 is 23.4 Å². The number of nitrogens with one attached hydrogen (secondary N) is 1. The molecule has 0 spiro atoms. The Labute approximate surface area is 87.6 Å². The standard InChI is InChI=1S/C8H14ClNO2S/c1-5(10-7(12)13-4)8(3,9)6(2)11/h5H,1-4H3,(H,10,12).